The number of carbonyl (C=O) groups excluding carboxylic acids is 1. The predicted molar refractivity (Wildman–Crippen MR) is 57.9 cm³/mol. The van der Waals surface area contributed by atoms with E-state index in [4.69, 9.17) is 4.74 Å². The number of alkyl halides is 1. The van der Waals surface area contributed by atoms with Crippen LogP contribution in [0, 0.1) is 5.92 Å². The number of amides is 2. The Balaban J connectivity index is 1.70. The normalized spacial score (nSPS) is 29.9. The van der Waals surface area contributed by atoms with Crippen LogP contribution in [0.15, 0.2) is 12.7 Å². The Morgan fingerprint density at radius 2 is 2.38 bits per heavy atom. The van der Waals surface area contributed by atoms with Gasteiger partial charge in [-0.1, -0.05) is 6.08 Å². The summed E-state index contributed by atoms with van der Waals surface area (Å²) < 4.78 is 18.0. The zero-order valence-corrected chi connectivity index (χ0v) is 9.19. The van der Waals surface area contributed by atoms with E-state index in [1.54, 1.807) is 6.08 Å². The summed E-state index contributed by atoms with van der Waals surface area (Å²) in [5.41, 5.74) is 0. The molecule has 2 atom stereocenters. The van der Waals surface area contributed by atoms with Crippen molar-refractivity contribution in [3.8, 4) is 0 Å². The van der Waals surface area contributed by atoms with Gasteiger partial charge in [-0.05, 0) is 6.42 Å². The molecule has 2 saturated heterocycles. The first-order valence-corrected chi connectivity index (χ1v) is 5.61. The molecule has 0 aliphatic carbocycles. The second kappa shape index (κ2) is 4.82. The van der Waals surface area contributed by atoms with Gasteiger partial charge in [0.15, 0.2) is 0 Å². The lowest BCUT2D eigenvalue weighted by molar-refractivity contribution is 0.0878. The summed E-state index contributed by atoms with van der Waals surface area (Å²) in [6.45, 7) is 5.42. The van der Waals surface area contributed by atoms with Gasteiger partial charge in [0.05, 0.1) is 19.2 Å². The molecule has 2 aliphatic rings. The number of ether oxygens (including phenoxy) is 1. The SMILES string of the molecule is C=C[C@@H]1OCC[C@H]1CNC(=O)N1CC(F)C1. The van der Waals surface area contributed by atoms with Gasteiger partial charge in [0.2, 0.25) is 0 Å². The van der Waals surface area contributed by atoms with E-state index in [0.29, 0.717) is 19.1 Å². The van der Waals surface area contributed by atoms with Gasteiger partial charge in [-0.2, -0.15) is 0 Å². The molecule has 1 N–H and O–H groups in total. The number of nitrogens with zero attached hydrogens (tertiary/aromatic N) is 1. The maximum atomic E-state index is 12.5. The van der Waals surface area contributed by atoms with E-state index in [9.17, 15) is 9.18 Å². The van der Waals surface area contributed by atoms with Gasteiger partial charge in [0.1, 0.15) is 6.17 Å². The molecule has 0 bridgehead atoms. The van der Waals surface area contributed by atoms with E-state index in [0.717, 1.165) is 6.42 Å². The molecule has 0 radical (unpaired) electrons. The van der Waals surface area contributed by atoms with Crippen LogP contribution in [0.4, 0.5) is 9.18 Å². The molecular weight excluding hydrogens is 211 g/mol. The van der Waals surface area contributed by atoms with Gasteiger partial charge in [-0.3, -0.25) is 0 Å². The first-order valence-electron chi connectivity index (χ1n) is 5.61. The standard InChI is InChI=1S/C11H17FN2O2/c1-2-10-8(3-4-16-10)5-13-11(15)14-6-9(12)7-14/h2,8-10H,1,3-7H2,(H,13,15)/t8-,10-/m0/s1. The summed E-state index contributed by atoms with van der Waals surface area (Å²) in [5.74, 6) is 0.295. The molecule has 0 aromatic heterocycles. The Kier molecular flexibility index (Phi) is 3.43. The molecule has 16 heavy (non-hydrogen) atoms. The van der Waals surface area contributed by atoms with E-state index in [2.05, 4.69) is 11.9 Å². The number of hydrogen-bond donors (Lipinski definition) is 1. The Morgan fingerprint density at radius 3 is 3.00 bits per heavy atom. The fourth-order valence-electron chi connectivity index (χ4n) is 2.06. The average molecular weight is 228 g/mol. The van der Waals surface area contributed by atoms with Gasteiger partial charge in [-0.25, -0.2) is 9.18 Å². The average Bonchev–Trinajstić information content (AvgIpc) is 2.68. The van der Waals surface area contributed by atoms with Crippen LogP contribution in [0.5, 0.6) is 0 Å². The monoisotopic (exact) mass is 228 g/mol. The Morgan fingerprint density at radius 1 is 1.62 bits per heavy atom. The summed E-state index contributed by atoms with van der Waals surface area (Å²) in [6, 6.07) is -0.177. The van der Waals surface area contributed by atoms with Crippen LogP contribution in [0.1, 0.15) is 6.42 Å². The molecule has 2 rings (SSSR count). The molecular formula is C11H17FN2O2. The van der Waals surface area contributed by atoms with Gasteiger partial charge in [-0.15, -0.1) is 6.58 Å². The number of halogens is 1. The van der Waals surface area contributed by atoms with E-state index in [1.807, 2.05) is 0 Å². The minimum atomic E-state index is -0.846. The van der Waals surface area contributed by atoms with Crippen molar-refractivity contribution in [2.24, 2.45) is 5.92 Å². The van der Waals surface area contributed by atoms with Gasteiger partial charge in [0.25, 0.3) is 0 Å². The number of carbonyl (C=O) groups is 1. The van der Waals surface area contributed by atoms with Gasteiger partial charge < -0.3 is 15.0 Å². The first-order chi connectivity index (χ1) is 7.70. The minimum absolute atomic E-state index is 0.0330. The highest BCUT2D eigenvalue weighted by atomic mass is 19.1. The third-order valence-corrected chi connectivity index (χ3v) is 3.14. The van der Waals surface area contributed by atoms with Gasteiger partial charge in [0, 0.05) is 19.1 Å². The molecule has 2 amide bonds. The van der Waals surface area contributed by atoms with E-state index in [-0.39, 0.29) is 25.2 Å². The van der Waals surface area contributed by atoms with Crippen molar-refractivity contribution >= 4 is 6.03 Å². The van der Waals surface area contributed by atoms with Crippen molar-refractivity contribution < 1.29 is 13.9 Å². The van der Waals surface area contributed by atoms with Gasteiger partial charge >= 0.3 is 6.03 Å². The Labute approximate surface area is 94.4 Å². The van der Waals surface area contributed by atoms with E-state index < -0.39 is 6.17 Å². The maximum absolute atomic E-state index is 12.5. The highest BCUT2D eigenvalue weighted by molar-refractivity contribution is 5.75. The second-order valence-electron chi connectivity index (χ2n) is 4.31. The molecule has 0 aromatic carbocycles. The molecule has 2 fully saturated rings. The molecule has 4 nitrogen and oxygen atoms in total. The Bertz CT molecular complexity index is 279. The van der Waals surface area contributed by atoms with Crippen LogP contribution in [0.2, 0.25) is 0 Å². The second-order valence-corrected chi connectivity index (χ2v) is 4.31. The fraction of sp³-hybridized carbons (Fsp3) is 0.727. The minimum Gasteiger partial charge on any atom is -0.374 e. The Hall–Kier alpha value is -1.10. The summed E-state index contributed by atoms with van der Waals surface area (Å²) in [4.78, 5) is 13.0. The van der Waals surface area contributed by atoms with Crippen molar-refractivity contribution in [3.05, 3.63) is 12.7 Å². The summed E-state index contributed by atoms with van der Waals surface area (Å²) in [6.07, 6.45) is 1.89. The number of hydrogen-bond acceptors (Lipinski definition) is 2. The molecule has 0 spiro atoms. The summed E-state index contributed by atoms with van der Waals surface area (Å²) >= 11 is 0. The third-order valence-electron chi connectivity index (χ3n) is 3.14. The van der Waals surface area contributed by atoms with Crippen LogP contribution < -0.4 is 5.32 Å². The van der Waals surface area contributed by atoms with Crippen LogP contribution in [0.25, 0.3) is 0 Å². The van der Waals surface area contributed by atoms with Crippen molar-refractivity contribution in [1.82, 2.24) is 10.2 Å². The predicted octanol–water partition coefficient (Wildman–Crippen LogP) is 0.941. The largest absolute Gasteiger partial charge is 0.374 e. The molecule has 0 saturated carbocycles. The topological polar surface area (TPSA) is 41.6 Å². The van der Waals surface area contributed by atoms with E-state index in [1.165, 1.54) is 4.90 Å². The highest BCUT2D eigenvalue weighted by Gasteiger charge is 2.31. The summed E-state index contributed by atoms with van der Waals surface area (Å²) in [7, 11) is 0. The zero-order valence-electron chi connectivity index (χ0n) is 9.19. The lowest BCUT2D eigenvalue weighted by Gasteiger charge is -2.34. The van der Waals surface area contributed by atoms with E-state index >= 15 is 0 Å². The van der Waals surface area contributed by atoms with Crippen molar-refractivity contribution in [2.75, 3.05) is 26.2 Å². The number of urea groups is 1. The van der Waals surface area contributed by atoms with Crippen molar-refractivity contribution in [1.29, 1.82) is 0 Å². The molecule has 0 aromatic rings. The molecule has 2 heterocycles. The number of likely N-dealkylation sites (tertiary alicyclic amines) is 1. The fourth-order valence-corrected chi connectivity index (χ4v) is 2.06. The smallest absolute Gasteiger partial charge is 0.317 e. The van der Waals surface area contributed by atoms with Crippen LogP contribution in [-0.4, -0.2) is 49.4 Å². The molecule has 5 heteroatoms. The molecule has 0 unspecified atom stereocenters. The molecule has 2 aliphatic heterocycles. The van der Waals surface area contributed by atoms with Crippen LogP contribution in [0.3, 0.4) is 0 Å². The first kappa shape index (κ1) is 11.4. The zero-order chi connectivity index (χ0) is 11.5. The van der Waals surface area contributed by atoms with Crippen molar-refractivity contribution in [2.45, 2.75) is 18.7 Å². The third kappa shape index (κ3) is 2.35. The van der Waals surface area contributed by atoms with Crippen molar-refractivity contribution in [3.63, 3.8) is 0 Å². The van der Waals surface area contributed by atoms with Crippen LogP contribution in [-0.2, 0) is 4.74 Å². The van der Waals surface area contributed by atoms with Crippen LogP contribution >= 0.6 is 0 Å². The lowest BCUT2D eigenvalue weighted by atomic mass is 10.0. The summed E-state index contributed by atoms with van der Waals surface area (Å²) in [5, 5.41) is 2.80. The lowest BCUT2D eigenvalue weighted by Crippen LogP contribution is -2.55. The number of rotatable bonds is 3. The molecule has 90 valence electrons. The maximum Gasteiger partial charge on any atom is 0.317 e. The quantitative estimate of drug-likeness (QED) is 0.730. The highest BCUT2D eigenvalue weighted by Crippen LogP contribution is 2.21. The number of nitrogens with one attached hydrogen (secondary N) is 1.